The van der Waals surface area contributed by atoms with E-state index in [1.807, 2.05) is 6.92 Å². The number of rotatable bonds is 7. The van der Waals surface area contributed by atoms with Crippen molar-refractivity contribution < 1.29 is 4.79 Å². The van der Waals surface area contributed by atoms with Gasteiger partial charge in [-0.1, -0.05) is 26.7 Å². The minimum Gasteiger partial charge on any atom is -0.273 e. The summed E-state index contributed by atoms with van der Waals surface area (Å²) in [6, 6.07) is 0. The molecule has 0 radical (unpaired) electrons. The lowest BCUT2D eigenvalue weighted by atomic mass is 10.2. The van der Waals surface area contributed by atoms with Crippen LogP contribution in [0.5, 0.6) is 0 Å². The molecule has 0 aliphatic carbocycles. The van der Waals surface area contributed by atoms with Crippen LogP contribution in [0.2, 0.25) is 0 Å². The van der Waals surface area contributed by atoms with Crippen LogP contribution in [0.25, 0.3) is 0 Å². The van der Waals surface area contributed by atoms with Crippen LogP contribution in [0.15, 0.2) is 5.10 Å². The molecule has 0 spiro atoms. The van der Waals surface area contributed by atoms with Crippen LogP contribution < -0.4 is 5.43 Å². The normalized spacial score (nSPS) is 11.5. The smallest absolute Gasteiger partial charge is 0.240 e. The SMILES string of the molecule is CCCCC(=O)N/N=C(\C)CCCC. The molecule has 0 fully saturated rings. The second-order valence-electron chi connectivity index (χ2n) is 3.59. The molecule has 0 atom stereocenters. The zero-order chi connectivity index (χ0) is 10.8. The van der Waals surface area contributed by atoms with E-state index in [0.717, 1.165) is 37.8 Å². The first-order valence-electron chi connectivity index (χ1n) is 5.52. The molecule has 0 aromatic rings. The van der Waals surface area contributed by atoms with Gasteiger partial charge in [-0.25, -0.2) is 5.43 Å². The molecule has 0 unspecified atom stereocenters. The highest BCUT2D eigenvalue weighted by Crippen LogP contribution is 1.96. The third-order valence-electron chi connectivity index (χ3n) is 2.02. The summed E-state index contributed by atoms with van der Waals surface area (Å²) >= 11 is 0. The Balaban J connectivity index is 3.61. The number of hydrogen-bond donors (Lipinski definition) is 1. The highest BCUT2D eigenvalue weighted by molar-refractivity contribution is 5.84. The molecule has 0 bridgehead atoms. The summed E-state index contributed by atoms with van der Waals surface area (Å²) in [6.07, 6.45) is 5.85. The molecule has 0 aromatic carbocycles. The van der Waals surface area contributed by atoms with Crippen molar-refractivity contribution in [3.8, 4) is 0 Å². The molecule has 3 heteroatoms. The lowest BCUT2D eigenvalue weighted by molar-refractivity contribution is -0.121. The number of hydrazone groups is 1. The molecule has 1 N–H and O–H groups in total. The van der Waals surface area contributed by atoms with Gasteiger partial charge in [0.15, 0.2) is 0 Å². The predicted molar refractivity (Wildman–Crippen MR) is 60.3 cm³/mol. The van der Waals surface area contributed by atoms with Gasteiger partial charge in [-0.2, -0.15) is 5.10 Å². The van der Waals surface area contributed by atoms with Crippen LogP contribution in [0.1, 0.15) is 59.3 Å². The van der Waals surface area contributed by atoms with Gasteiger partial charge in [0.25, 0.3) is 0 Å². The maximum absolute atomic E-state index is 11.2. The van der Waals surface area contributed by atoms with E-state index in [4.69, 9.17) is 0 Å². The van der Waals surface area contributed by atoms with Crippen molar-refractivity contribution in [3.63, 3.8) is 0 Å². The molecule has 82 valence electrons. The first kappa shape index (κ1) is 13.1. The molecule has 0 aliphatic heterocycles. The van der Waals surface area contributed by atoms with Crippen molar-refractivity contribution in [1.29, 1.82) is 0 Å². The van der Waals surface area contributed by atoms with Crippen molar-refractivity contribution in [2.45, 2.75) is 59.3 Å². The van der Waals surface area contributed by atoms with E-state index < -0.39 is 0 Å². The third kappa shape index (κ3) is 7.77. The predicted octanol–water partition coefficient (Wildman–Crippen LogP) is 2.86. The topological polar surface area (TPSA) is 41.5 Å². The van der Waals surface area contributed by atoms with Crippen molar-refractivity contribution in [1.82, 2.24) is 5.43 Å². The Morgan fingerprint density at radius 3 is 2.29 bits per heavy atom. The van der Waals surface area contributed by atoms with Crippen LogP contribution >= 0.6 is 0 Å². The second-order valence-corrected chi connectivity index (χ2v) is 3.59. The van der Waals surface area contributed by atoms with Crippen LogP contribution in [-0.2, 0) is 4.79 Å². The number of nitrogens with zero attached hydrogens (tertiary/aromatic N) is 1. The second kappa shape index (κ2) is 8.73. The number of unbranched alkanes of at least 4 members (excludes halogenated alkanes) is 2. The Morgan fingerprint density at radius 1 is 1.14 bits per heavy atom. The van der Waals surface area contributed by atoms with Gasteiger partial charge in [-0.15, -0.1) is 0 Å². The first-order chi connectivity index (χ1) is 6.70. The first-order valence-corrected chi connectivity index (χ1v) is 5.52. The Labute approximate surface area is 87.0 Å². The van der Waals surface area contributed by atoms with Crippen molar-refractivity contribution in [2.75, 3.05) is 0 Å². The number of carbonyl (C=O) groups is 1. The van der Waals surface area contributed by atoms with E-state index in [1.54, 1.807) is 0 Å². The molecule has 1 amide bonds. The standard InChI is InChI=1S/C11H22N2O/c1-4-6-8-10(3)12-13-11(14)9-7-5-2/h4-9H2,1-3H3,(H,13,14)/b12-10+. The summed E-state index contributed by atoms with van der Waals surface area (Å²) in [7, 11) is 0. The van der Waals surface area contributed by atoms with E-state index in [-0.39, 0.29) is 5.91 Å². The molecule has 0 saturated heterocycles. The summed E-state index contributed by atoms with van der Waals surface area (Å²) in [5, 5.41) is 4.03. The minimum absolute atomic E-state index is 0.0303. The highest BCUT2D eigenvalue weighted by Gasteiger charge is 1.98. The molecule has 3 nitrogen and oxygen atoms in total. The number of carbonyl (C=O) groups excluding carboxylic acids is 1. The summed E-state index contributed by atoms with van der Waals surface area (Å²) in [5.74, 6) is 0.0303. The number of amides is 1. The number of nitrogens with one attached hydrogen (secondary N) is 1. The van der Waals surface area contributed by atoms with E-state index >= 15 is 0 Å². The largest absolute Gasteiger partial charge is 0.273 e. The van der Waals surface area contributed by atoms with Crippen LogP contribution in [-0.4, -0.2) is 11.6 Å². The van der Waals surface area contributed by atoms with Gasteiger partial charge in [-0.3, -0.25) is 4.79 Å². The maximum atomic E-state index is 11.2. The van der Waals surface area contributed by atoms with Gasteiger partial charge in [0, 0.05) is 12.1 Å². The molecular formula is C11H22N2O. The van der Waals surface area contributed by atoms with Gasteiger partial charge in [-0.05, 0) is 26.2 Å². The fraction of sp³-hybridized carbons (Fsp3) is 0.818. The molecule has 0 heterocycles. The van der Waals surface area contributed by atoms with E-state index in [9.17, 15) is 4.79 Å². The lowest BCUT2D eigenvalue weighted by Crippen LogP contribution is -2.18. The van der Waals surface area contributed by atoms with Gasteiger partial charge < -0.3 is 0 Å². The summed E-state index contributed by atoms with van der Waals surface area (Å²) in [5.41, 5.74) is 3.59. The summed E-state index contributed by atoms with van der Waals surface area (Å²) < 4.78 is 0. The fourth-order valence-corrected chi connectivity index (χ4v) is 1.04. The molecule has 0 rings (SSSR count). The van der Waals surface area contributed by atoms with Crippen molar-refractivity contribution >= 4 is 11.6 Å². The quantitative estimate of drug-likeness (QED) is 0.496. The molecule has 14 heavy (non-hydrogen) atoms. The molecular weight excluding hydrogens is 176 g/mol. The van der Waals surface area contributed by atoms with Gasteiger partial charge >= 0.3 is 0 Å². The maximum Gasteiger partial charge on any atom is 0.240 e. The van der Waals surface area contributed by atoms with Crippen LogP contribution in [0.3, 0.4) is 0 Å². The molecule has 0 saturated carbocycles. The highest BCUT2D eigenvalue weighted by atomic mass is 16.2. The van der Waals surface area contributed by atoms with Crippen LogP contribution in [0, 0.1) is 0 Å². The zero-order valence-corrected chi connectivity index (χ0v) is 9.60. The van der Waals surface area contributed by atoms with E-state index in [0.29, 0.717) is 6.42 Å². The monoisotopic (exact) mass is 198 g/mol. The molecule has 0 aliphatic rings. The average molecular weight is 198 g/mol. The Hall–Kier alpha value is -0.860. The van der Waals surface area contributed by atoms with Gasteiger partial charge in [0.1, 0.15) is 0 Å². The average Bonchev–Trinajstić information content (AvgIpc) is 2.20. The summed E-state index contributed by atoms with van der Waals surface area (Å²) in [6.45, 7) is 6.17. The Kier molecular flexibility index (Phi) is 8.19. The minimum atomic E-state index is 0.0303. The van der Waals surface area contributed by atoms with Crippen LogP contribution in [0.4, 0.5) is 0 Å². The number of hydrogen-bond acceptors (Lipinski definition) is 2. The van der Waals surface area contributed by atoms with Crippen molar-refractivity contribution in [2.24, 2.45) is 5.10 Å². The summed E-state index contributed by atoms with van der Waals surface area (Å²) in [4.78, 5) is 11.2. The molecule has 0 aromatic heterocycles. The van der Waals surface area contributed by atoms with Crippen molar-refractivity contribution in [3.05, 3.63) is 0 Å². The lowest BCUT2D eigenvalue weighted by Gasteiger charge is -2.01. The Bertz CT molecular complexity index is 188. The van der Waals surface area contributed by atoms with Gasteiger partial charge in [0.05, 0.1) is 0 Å². The Morgan fingerprint density at radius 2 is 1.71 bits per heavy atom. The third-order valence-corrected chi connectivity index (χ3v) is 2.02. The zero-order valence-electron chi connectivity index (χ0n) is 9.60. The van der Waals surface area contributed by atoms with Gasteiger partial charge in [0.2, 0.25) is 5.91 Å². The van der Waals surface area contributed by atoms with E-state index in [2.05, 4.69) is 24.4 Å². The fourth-order valence-electron chi connectivity index (χ4n) is 1.04. The van der Waals surface area contributed by atoms with E-state index in [1.165, 1.54) is 0 Å².